The second-order valence-electron chi connectivity index (χ2n) is 9.20. The summed E-state index contributed by atoms with van der Waals surface area (Å²) in [5.74, 6) is -7.14. The van der Waals surface area contributed by atoms with Gasteiger partial charge in [0.15, 0.2) is 11.5 Å². The van der Waals surface area contributed by atoms with E-state index < -0.39 is 35.6 Å². The van der Waals surface area contributed by atoms with Crippen LogP contribution in [0.4, 0.5) is 24.7 Å². The predicted octanol–water partition coefficient (Wildman–Crippen LogP) is 2.93. The molecule has 2 aromatic carbocycles. The van der Waals surface area contributed by atoms with Gasteiger partial charge in [-0.1, -0.05) is 0 Å². The maximum atomic E-state index is 15.1. The molecule has 0 aliphatic heterocycles. The number of benzene rings is 2. The van der Waals surface area contributed by atoms with E-state index in [1.54, 1.807) is 61.6 Å². The van der Waals surface area contributed by atoms with Gasteiger partial charge in [-0.25, -0.2) is 14.2 Å². The van der Waals surface area contributed by atoms with Crippen LogP contribution >= 0.6 is 0 Å². The third-order valence-corrected chi connectivity index (χ3v) is 5.71. The number of nitrogens with zero attached hydrogens (tertiary/aromatic N) is 2. The Hall–Kier alpha value is -5.54. The number of hydrogen-bond acceptors (Lipinski definition) is 9. The Labute approximate surface area is 250 Å². The number of alkyl halides is 2. The molecule has 1 aromatic heterocycles. The van der Waals surface area contributed by atoms with Gasteiger partial charge in [-0.05, 0) is 42.5 Å². The molecular formula is C28H32F3N7O6. The van der Waals surface area contributed by atoms with Gasteiger partial charge in [0.25, 0.3) is 11.8 Å². The summed E-state index contributed by atoms with van der Waals surface area (Å²) < 4.78 is 48.0. The zero-order valence-corrected chi connectivity index (χ0v) is 24.4. The highest BCUT2D eigenvalue weighted by Gasteiger charge is 2.31. The number of carbonyl (C=O) groups is 3. The van der Waals surface area contributed by atoms with Gasteiger partial charge < -0.3 is 30.5 Å². The van der Waals surface area contributed by atoms with Gasteiger partial charge in [0, 0.05) is 50.1 Å². The number of amidine groups is 1. The fourth-order valence-electron chi connectivity index (χ4n) is 3.48. The molecule has 0 spiro atoms. The largest absolute Gasteiger partial charge is 0.493 e. The monoisotopic (exact) mass is 619 g/mol. The minimum atomic E-state index is -3.58. The molecule has 0 bridgehead atoms. The number of nitrogen functional groups attached to an aromatic ring is 1. The highest BCUT2D eigenvalue weighted by Crippen LogP contribution is 2.34. The SMILES string of the molecule is CC(F)(F)C(=O)O.COc1cc(F)c(C(Nc2ccc(C(=N)N)cc2)C(=O)NNC(=O)c2cccnc2N(C)C)cc1OC. The minimum Gasteiger partial charge on any atom is -0.493 e. The first-order valence-corrected chi connectivity index (χ1v) is 12.6. The number of nitrogens with one attached hydrogen (secondary N) is 4. The van der Waals surface area contributed by atoms with Crippen molar-refractivity contribution in [2.45, 2.75) is 18.9 Å². The van der Waals surface area contributed by atoms with E-state index in [2.05, 4.69) is 21.2 Å². The molecule has 0 saturated heterocycles. The Morgan fingerprint density at radius 2 is 1.61 bits per heavy atom. The number of methoxy groups -OCH3 is 2. The highest BCUT2D eigenvalue weighted by molar-refractivity contribution is 6.00. The van der Waals surface area contributed by atoms with Gasteiger partial charge in [-0.2, -0.15) is 8.78 Å². The van der Waals surface area contributed by atoms with E-state index in [0.717, 1.165) is 6.07 Å². The smallest absolute Gasteiger partial charge is 0.374 e. The zero-order chi connectivity index (χ0) is 33.2. The van der Waals surface area contributed by atoms with Crippen LogP contribution in [0.2, 0.25) is 0 Å². The number of carboxylic acids is 1. The van der Waals surface area contributed by atoms with E-state index in [1.165, 1.54) is 20.3 Å². The zero-order valence-electron chi connectivity index (χ0n) is 24.4. The van der Waals surface area contributed by atoms with Crippen LogP contribution in [0.5, 0.6) is 11.5 Å². The molecule has 236 valence electrons. The van der Waals surface area contributed by atoms with Crippen LogP contribution in [0.1, 0.15) is 34.5 Å². The first kappa shape index (κ1) is 34.7. The summed E-state index contributed by atoms with van der Waals surface area (Å²) in [4.78, 5) is 41.2. The van der Waals surface area contributed by atoms with Gasteiger partial charge in [0.1, 0.15) is 23.5 Å². The number of amides is 2. The lowest BCUT2D eigenvalue weighted by atomic mass is 10.0. The molecular weight excluding hydrogens is 587 g/mol. The van der Waals surface area contributed by atoms with Crippen molar-refractivity contribution >= 4 is 35.1 Å². The van der Waals surface area contributed by atoms with Gasteiger partial charge in [-0.3, -0.25) is 25.8 Å². The number of halogens is 3. The third-order valence-electron chi connectivity index (χ3n) is 5.71. The number of nitrogens with two attached hydrogens (primary N) is 1. The number of carbonyl (C=O) groups excluding carboxylic acids is 2. The van der Waals surface area contributed by atoms with Crippen LogP contribution in [0, 0.1) is 11.2 Å². The van der Waals surface area contributed by atoms with Crippen LogP contribution in [-0.4, -0.2) is 67.9 Å². The summed E-state index contributed by atoms with van der Waals surface area (Å²) in [5.41, 5.74) is 11.3. The first-order chi connectivity index (χ1) is 20.6. The molecule has 44 heavy (non-hydrogen) atoms. The molecule has 3 rings (SSSR count). The Bertz CT molecular complexity index is 1500. The lowest BCUT2D eigenvalue weighted by Crippen LogP contribution is -2.46. The molecule has 1 atom stereocenters. The van der Waals surface area contributed by atoms with Crippen molar-refractivity contribution in [3.63, 3.8) is 0 Å². The van der Waals surface area contributed by atoms with Crippen LogP contribution in [0.25, 0.3) is 0 Å². The molecule has 3 aromatic rings. The number of aliphatic carboxylic acids is 1. The first-order valence-electron chi connectivity index (χ1n) is 12.6. The number of ether oxygens (including phenoxy) is 2. The van der Waals surface area contributed by atoms with E-state index in [4.69, 9.17) is 25.7 Å². The van der Waals surface area contributed by atoms with Crippen molar-refractivity contribution in [1.82, 2.24) is 15.8 Å². The molecule has 2 amide bonds. The van der Waals surface area contributed by atoms with Gasteiger partial charge >= 0.3 is 11.9 Å². The average molecular weight is 620 g/mol. The van der Waals surface area contributed by atoms with E-state index in [9.17, 15) is 23.2 Å². The number of rotatable bonds is 10. The Balaban J connectivity index is 0.000000860. The van der Waals surface area contributed by atoms with Crippen LogP contribution in [0.3, 0.4) is 0 Å². The fraction of sp³-hybridized carbons (Fsp3) is 0.250. The number of carboxylic acid groups (broad SMARTS) is 1. The maximum Gasteiger partial charge on any atom is 0.374 e. The Kier molecular flexibility index (Phi) is 11.9. The second kappa shape index (κ2) is 15.1. The van der Waals surface area contributed by atoms with E-state index in [1.807, 2.05) is 0 Å². The second-order valence-corrected chi connectivity index (χ2v) is 9.20. The molecule has 0 fully saturated rings. The summed E-state index contributed by atoms with van der Waals surface area (Å²) in [6.45, 7) is 0.329. The van der Waals surface area contributed by atoms with Crippen molar-refractivity contribution in [3.8, 4) is 11.5 Å². The Morgan fingerprint density at radius 1 is 1.05 bits per heavy atom. The van der Waals surface area contributed by atoms with Crippen molar-refractivity contribution in [1.29, 1.82) is 5.41 Å². The summed E-state index contributed by atoms with van der Waals surface area (Å²) in [5, 5.41) is 18.0. The van der Waals surface area contributed by atoms with Gasteiger partial charge in [0.2, 0.25) is 0 Å². The number of aromatic nitrogens is 1. The van der Waals surface area contributed by atoms with Crippen LogP contribution in [-0.2, 0) is 9.59 Å². The molecule has 1 unspecified atom stereocenters. The van der Waals surface area contributed by atoms with Crippen LogP contribution in [0.15, 0.2) is 54.7 Å². The molecule has 16 heteroatoms. The quantitative estimate of drug-likeness (QED) is 0.112. The number of hydrazine groups is 1. The summed E-state index contributed by atoms with van der Waals surface area (Å²) in [6, 6.07) is 10.6. The van der Waals surface area contributed by atoms with Crippen molar-refractivity contribution in [2.24, 2.45) is 5.73 Å². The molecule has 0 aliphatic rings. The van der Waals surface area contributed by atoms with Crippen molar-refractivity contribution in [2.75, 3.05) is 38.5 Å². The Morgan fingerprint density at radius 3 is 2.11 bits per heavy atom. The molecule has 13 nitrogen and oxygen atoms in total. The lowest BCUT2D eigenvalue weighted by Gasteiger charge is -2.22. The number of pyridine rings is 1. The van der Waals surface area contributed by atoms with Gasteiger partial charge in [0.05, 0.1) is 19.8 Å². The normalized spacial score (nSPS) is 11.2. The maximum absolute atomic E-state index is 15.1. The summed E-state index contributed by atoms with van der Waals surface area (Å²) in [6.07, 6.45) is 1.54. The van der Waals surface area contributed by atoms with E-state index in [-0.39, 0.29) is 28.5 Å². The highest BCUT2D eigenvalue weighted by atomic mass is 19.3. The van der Waals surface area contributed by atoms with E-state index >= 15 is 4.39 Å². The molecule has 1 heterocycles. The van der Waals surface area contributed by atoms with Gasteiger partial charge in [-0.15, -0.1) is 0 Å². The van der Waals surface area contributed by atoms with Crippen molar-refractivity contribution in [3.05, 3.63) is 77.2 Å². The molecule has 7 N–H and O–H groups in total. The standard InChI is InChI=1S/C25H28FN7O4.C3H4F2O2/c1-33(2)23-16(6-5-11-29-23)24(34)31-32-25(35)21(30-15-9-7-14(8-10-15)22(27)28)17-12-19(36-3)20(37-4)13-18(17)26;1-3(4,5)2(6)7/h5-13,21,30H,1-4H3,(H3,27,28)(H,31,34)(H,32,35);1H3,(H,6,7). The minimum absolute atomic E-state index is 0.0598. The fourth-order valence-corrected chi connectivity index (χ4v) is 3.48. The third kappa shape index (κ3) is 9.23. The molecule has 0 saturated carbocycles. The number of hydrogen-bond donors (Lipinski definition) is 6. The van der Waals surface area contributed by atoms with Crippen LogP contribution < -0.4 is 36.3 Å². The van der Waals surface area contributed by atoms with Crippen molar-refractivity contribution < 1.29 is 42.1 Å². The summed E-state index contributed by atoms with van der Waals surface area (Å²) >= 11 is 0. The lowest BCUT2D eigenvalue weighted by molar-refractivity contribution is -0.161. The predicted molar refractivity (Wildman–Crippen MR) is 156 cm³/mol. The number of anilines is 2. The topological polar surface area (TPSA) is 192 Å². The average Bonchev–Trinajstić information content (AvgIpc) is 2.98. The molecule has 0 radical (unpaired) electrons. The summed E-state index contributed by atoms with van der Waals surface area (Å²) in [7, 11) is 6.22. The molecule has 0 aliphatic carbocycles. The van der Waals surface area contributed by atoms with E-state index in [0.29, 0.717) is 24.0 Å².